The number of rotatable bonds is 5. The van der Waals surface area contributed by atoms with Crippen LogP contribution >= 0.6 is 34.5 Å². The van der Waals surface area contributed by atoms with Crippen molar-refractivity contribution in [1.82, 2.24) is 13.9 Å². The van der Waals surface area contributed by atoms with E-state index in [1.54, 1.807) is 10.7 Å². The van der Waals surface area contributed by atoms with Gasteiger partial charge < -0.3 is 4.57 Å². The van der Waals surface area contributed by atoms with Crippen molar-refractivity contribution < 1.29 is 0 Å². The summed E-state index contributed by atoms with van der Waals surface area (Å²) in [5.74, 6) is 0. The minimum absolute atomic E-state index is 0.165. The van der Waals surface area contributed by atoms with Gasteiger partial charge in [-0.2, -0.15) is 0 Å². The summed E-state index contributed by atoms with van der Waals surface area (Å²) in [6, 6.07) is 25.2. The SMILES string of the molecule is Cc1c(N=c2scc(-c3ccc(Cl)cc3Cl)n2Cc2ccccc2)c(=O)n(-c2ccccc2)n1C. The van der Waals surface area contributed by atoms with Crippen molar-refractivity contribution in [2.24, 2.45) is 12.0 Å². The van der Waals surface area contributed by atoms with Gasteiger partial charge in [0.2, 0.25) is 0 Å². The summed E-state index contributed by atoms with van der Waals surface area (Å²) in [6.07, 6.45) is 0. The van der Waals surface area contributed by atoms with Crippen LogP contribution in [-0.2, 0) is 13.6 Å². The van der Waals surface area contributed by atoms with Crippen molar-refractivity contribution in [3.63, 3.8) is 0 Å². The summed E-state index contributed by atoms with van der Waals surface area (Å²) in [5.41, 5.74) is 4.71. The van der Waals surface area contributed by atoms with E-state index in [0.29, 0.717) is 27.1 Å². The van der Waals surface area contributed by atoms with Crippen molar-refractivity contribution in [3.05, 3.63) is 121 Å². The monoisotopic (exact) mass is 520 g/mol. The third kappa shape index (κ3) is 4.52. The molecule has 0 aliphatic carbocycles. The molecule has 0 fully saturated rings. The minimum Gasteiger partial charge on any atom is -0.312 e. The van der Waals surface area contributed by atoms with Crippen LogP contribution in [0.1, 0.15) is 11.3 Å². The molecule has 0 spiro atoms. The quantitative estimate of drug-likeness (QED) is 0.257. The van der Waals surface area contributed by atoms with Crippen LogP contribution in [0.3, 0.4) is 0 Å². The summed E-state index contributed by atoms with van der Waals surface area (Å²) in [4.78, 5) is 19.1. The summed E-state index contributed by atoms with van der Waals surface area (Å²) in [5, 5.41) is 3.16. The molecule has 5 nitrogen and oxygen atoms in total. The van der Waals surface area contributed by atoms with E-state index in [1.807, 2.05) is 84.7 Å². The Balaban J connectivity index is 1.72. The Hall–Kier alpha value is -3.32. The molecular weight excluding hydrogens is 499 g/mol. The molecule has 8 heteroatoms. The van der Waals surface area contributed by atoms with Gasteiger partial charge in [-0.05, 0) is 42.8 Å². The van der Waals surface area contributed by atoms with Gasteiger partial charge in [0, 0.05) is 23.0 Å². The smallest absolute Gasteiger partial charge is 0.297 e. The normalized spacial score (nSPS) is 11.8. The summed E-state index contributed by atoms with van der Waals surface area (Å²) in [6.45, 7) is 2.49. The second kappa shape index (κ2) is 9.74. The average Bonchev–Trinajstić information content (AvgIpc) is 3.34. The molecule has 5 aromatic rings. The zero-order valence-electron chi connectivity index (χ0n) is 19.2. The van der Waals surface area contributed by atoms with Gasteiger partial charge in [-0.1, -0.05) is 71.7 Å². The highest BCUT2D eigenvalue weighted by molar-refractivity contribution is 7.07. The fourth-order valence-electron chi connectivity index (χ4n) is 4.03. The van der Waals surface area contributed by atoms with E-state index >= 15 is 0 Å². The van der Waals surface area contributed by atoms with E-state index in [4.69, 9.17) is 28.2 Å². The number of halogens is 2. The summed E-state index contributed by atoms with van der Waals surface area (Å²) < 4.78 is 5.57. The second-order valence-corrected chi connectivity index (χ2v) is 9.80. The maximum absolute atomic E-state index is 13.5. The highest BCUT2D eigenvalue weighted by Gasteiger charge is 2.17. The molecule has 2 aromatic heterocycles. The van der Waals surface area contributed by atoms with E-state index in [2.05, 4.69) is 16.7 Å². The zero-order valence-corrected chi connectivity index (χ0v) is 21.5. The number of hydrogen-bond acceptors (Lipinski definition) is 3. The number of thiazole rings is 1. The largest absolute Gasteiger partial charge is 0.312 e. The van der Waals surface area contributed by atoms with Crippen LogP contribution in [0.15, 0.2) is 94.0 Å². The van der Waals surface area contributed by atoms with Crippen molar-refractivity contribution in [2.45, 2.75) is 13.5 Å². The molecule has 0 saturated heterocycles. The van der Waals surface area contributed by atoms with Crippen LogP contribution in [0.5, 0.6) is 0 Å². The van der Waals surface area contributed by atoms with Gasteiger partial charge in [0.1, 0.15) is 0 Å². The fraction of sp³-hybridized carbons (Fsp3) is 0.111. The van der Waals surface area contributed by atoms with Gasteiger partial charge in [-0.25, -0.2) is 9.67 Å². The minimum atomic E-state index is -0.165. The van der Waals surface area contributed by atoms with Crippen LogP contribution in [0.25, 0.3) is 16.9 Å². The molecule has 0 atom stereocenters. The Bertz CT molecular complexity index is 1630. The Morgan fingerprint density at radius 1 is 0.943 bits per heavy atom. The highest BCUT2D eigenvalue weighted by Crippen LogP contribution is 2.31. The number of aromatic nitrogens is 3. The first-order chi connectivity index (χ1) is 16.9. The van der Waals surface area contributed by atoms with Gasteiger partial charge in [0.05, 0.1) is 28.6 Å². The van der Waals surface area contributed by atoms with Crippen LogP contribution in [0, 0.1) is 6.92 Å². The molecule has 0 radical (unpaired) electrons. The molecule has 0 saturated carbocycles. The van der Waals surface area contributed by atoms with Crippen LogP contribution in [-0.4, -0.2) is 13.9 Å². The van der Waals surface area contributed by atoms with Crippen LogP contribution in [0.2, 0.25) is 10.0 Å². The Labute approximate surface area is 216 Å². The van der Waals surface area contributed by atoms with Crippen molar-refractivity contribution in [3.8, 4) is 16.9 Å². The molecule has 176 valence electrons. The molecule has 0 unspecified atom stereocenters. The number of benzene rings is 3. The first kappa shape index (κ1) is 23.4. The first-order valence-electron chi connectivity index (χ1n) is 11.0. The third-order valence-electron chi connectivity index (χ3n) is 5.92. The van der Waals surface area contributed by atoms with Gasteiger partial charge in [-0.3, -0.25) is 9.48 Å². The van der Waals surface area contributed by atoms with Crippen molar-refractivity contribution in [1.29, 1.82) is 0 Å². The predicted octanol–water partition coefficient (Wildman–Crippen LogP) is 6.60. The first-order valence-corrected chi connectivity index (χ1v) is 12.6. The number of nitrogens with zero attached hydrogens (tertiary/aromatic N) is 4. The Kier molecular flexibility index (Phi) is 6.52. The van der Waals surface area contributed by atoms with E-state index in [-0.39, 0.29) is 5.56 Å². The maximum atomic E-state index is 13.5. The fourth-order valence-corrected chi connectivity index (χ4v) is 5.44. The average molecular weight is 521 g/mol. The van der Waals surface area contributed by atoms with E-state index in [9.17, 15) is 4.79 Å². The molecule has 0 bridgehead atoms. The number of hydrogen-bond donors (Lipinski definition) is 0. The summed E-state index contributed by atoms with van der Waals surface area (Å²) >= 11 is 14.2. The predicted molar refractivity (Wildman–Crippen MR) is 144 cm³/mol. The maximum Gasteiger partial charge on any atom is 0.297 e. The lowest BCUT2D eigenvalue weighted by atomic mass is 10.1. The Morgan fingerprint density at radius 3 is 2.31 bits per heavy atom. The molecule has 0 amide bonds. The lowest BCUT2D eigenvalue weighted by Gasteiger charge is -2.11. The van der Waals surface area contributed by atoms with Crippen LogP contribution < -0.4 is 10.4 Å². The zero-order chi connectivity index (χ0) is 24.5. The van der Waals surface area contributed by atoms with Gasteiger partial charge >= 0.3 is 0 Å². The standard InChI is InChI=1S/C27H22Cl2N4OS/c1-18-25(26(34)33(31(18)2)21-11-7-4-8-12-21)30-27-32(16-19-9-5-3-6-10-19)24(17-35-27)22-14-13-20(28)15-23(22)29/h3-15,17H,16H2,1-2H3. The highest BCUT2D eigenvalue weighted by atomic mass is 35.5. The van der Waals surface area contributed by atoms with Gasteiger partial charge in [0.15, 0.2) is 10.5 Å². The molecule has 0 aliphatic heterocycles. The second-order valence-electron chi connectivity index (χ2n) is 8.12. The molecule has 3 aromatic carbocycles. The number of para-hydroxylation sites is 1. The Morgan fingerprint density at radius 2 is 1.63 bits per heavy atom. The van der Waals surface area contributed by atoms with Gasteiger partial charge in [0.25, 0.3) is 5.56 Å². The molecule has 0 aliphatic rings. The van der Waals surface area contributed by atoms with E-state index < -0.39 is 0 Å². The molecule has 5 rings (SSSR count). The third-order valence-corrected chi connectivity index (χ3v) is 7.33. The summed E-state index contributed by atoms with van der Waals surface area (Å²) in [7, 11) is 1.87. The van der Waals surface area contributed by atoms with Crippen molar-refractivity contribution in [2.75, 3.05) is 0 Å². The topological polar surface area (TPSA) is 44.2 Å². The van der Waals surface area contributed by atoms with E-state index in [0.717, 1.165) is 28.2 Å². The molecular formula is C27H22Cl2N4OS. The van der Waals surface area contributed by atoms with Crippen molar-refractivity contribution >= 4 is 40.2 Å². The van der Waals surface area contributed by atoms with Crippen LogP contribution in [0.4, 0.5) is 5.69 Å². The molecule has 2 heterocycles. The van der Waals surface area contributed by atoms with E-state index in [1.165, 1.54) is 11.3 Å². The lowest BCUT2D eigenvalue weighted by molar-refractivity contribution is 0.630. The molecule has 0 N–H and O–H groups in total. The molecule has 35 heavy (non-hydrogen) atoms. The van der Waals surface area contributed by atoms with Gasteiger partial charge in [-0.15, -0.1) is 11.3 Å². The lowest BCUT2D eigenvalue weighted by Crippen LogP contribution is -2.20.